The monoisotopic (exact) mass is 412 g/mol. The minimum Gasteiger partial charge on any atom is -0.321 e. The molecule has 0 bridgehead atoms. The first kappa shape index (κ1) is 18.0. The first-order valence-electron chi connectivity index (χ1n) is 8.25. The summed E-state index contributed by atoms with van der Waals surface area (Å²) in [4.78, 5) is 17.3. The number of nitrogens with zero attached hydrogens (tertiary/aromatic N) is 1. The number of halogens is 2. The van der Waals surface area contributed by atoms with Gasteiger partial charge in [0.1, 0.15) is 5.01 Å². The second-order valence-corrected chi connectivity index (χ2v) is 7.91. The van der Waals surface area contributed by atoms with Gasteiger partial charge in [0.2, 0.25) is 0 Å². The number of thiazole rings is 1. The van der Waals surface area contributed by atoms with Gasteiger partial charge in [0.25, 0.3) is 5.91 Å². The molecule has 0 radical (unpaired) electrons. The van der Waals surface area contributed by atoms with Crippen LogP contribution in [-0.2, 0) is 0 Å². The van der Waals surface area contributed by atoms with Gasteiger partial charge in [0, 0.05) is 11.1 Å². The number of anilines is 1. The fraction of sp³-hybridized carbons (Fsp3) is 0.0476. The third-order valence-corrected chi connectivity index (χ3v) is 5.91. The molecule has 0 aliphatic rings. The van der Waals surface area contributed by atoms with Crippen LogP contribution < -0.4 is 5.32 Å². The van der Waals surface area contributed by atoms with Gasteiger partial charge in [-0.05, 0) is 42.8 Å². The van der Waals surface area contributed by atoms with Gasteiger partial charge in [-0.1, -0.05) is 53.5 Å². The normalized spacial score (nSPS) is 10.9. The second-order valence-electron chi connectivity index (χ2n) is 6.07. The van der Waals surface area contributed by atoms with Crippen LogP contribution >= 0.6 is 34.5 Å². The van der Waals surface area contributed by atoms with E-state index in [1.165, 1.54) is 0 Å². The van der Waals surface area contributed by atoms with E-state index in [-0.39, 0.29) is 5.91 Å². The molecule has 0 aliphatic heterocycles. The SMILES string of the molecule is Cc1ccccc1C(=O)Nc1cc(-c2nc3ccccc3s2)c(Cl)cc1Cl. The minimum absolute atomic E-state index is 0.215. The Labute approximate surface area is 170 Å². The molecule has 3 aromatic carbocycles. The minimum atomic E-state index is -0.215. The van der Waals surface area contributed by atoms with Crippen molar-refractivity contribution in [2.45, 2.75) is 6.92 Å². The maximum atomic E-state index is 12.6. The van der Waals surface area contributed by atoms with Crippen molar-refractivity contribution in [1.29, 1.82) is 0 Å². The second kappa shape index (κ2) is 7.31. The lowest BCUT2D eigenvalue weighted by molar-refractivity contribution is 0.102. The Morgan fingerprint density at radius 2 is 1.74 bits per heavy atom. The summed E-state index contributed by atoms with van der Waals surface area (Å²) in [7, 11) is 0. The zero-order valence-electron chi connectivity index (χ0n) is 14.3. The summed E-state index contributed by atoms with van der Waals surface area (Å²) in [6, 6.07) is 18.7. The largest absolute Gasteiger partial charge is 0.321 e. The molecule has 0 atom stereocenters. The van der Waals surface area contributed by atoms with Crippen molar-refractivity contribution in [3.8, 4) is 10.6 Å². The summed E-state index contributed by atoms with van der Waals surface area (Å²) in [5.74, 6) is -0.215. The van der Waals surface area contributed by atoms with E-state index < -0.39 is 0 Å². The molecule has 0 aliphatic carbocycles. The molecule has 6 heteroatoms. The highest BCUT2D eigenvalue weighted by Gasteiger charge is 2.16. The number of para-hydroxylation sites is 1. The average molecular weight is 413 g/mol. The average Bonchev–Trinajstić information content (AvgIpc) is 3.08. The van der Waals surface area contributed by atoms with Crippen LogP contribution in [0.2, 0.25) is 10.0 Å². The molecule has 1 amide bonds. The number of carbonyl (C=O) groups is 1. The Balaban J connectivity index is 1.73. The lowest BCUT2D eigenvalue weighted by Gasteiger charge is -2.11. The van der Waals surface area contributed by atoms with E-state index in [0.29, 0.717) is 21.3 Å². The van der Waals surface area contributed by atoms with E-state index in [0.717, 1.165) is 26.4 Å². The highest BCUT2D eigenvalue weighted by atomic mass is 35.5. The van der Waals surface area contributed by atoms with Gasteiger partial charge in [-0.2, -0.15) is 0 Å². The van der Waals surface area contributed by atoms with E-state index in [9.17, 15) is 4.79 Å². The molecule has 1 aromatic heterocycles. The van der Waals surface area contributed by atoms with Crippen LogP contribution in [0.25, 0.3) is 20.8 Å². The molecule has 4 rings (SSSR count). The van der Waals surface area contributed by atoms with Crippen molar-refractivity contribution >= 4 is 56.3 Å². The Bertz CT molecular complexity index is 1140. The van der Waals surface area contributed by atoms with Gasteiger partial charge in [0.05, 0.1) is 25.9 Å². The van der Waals surface area contributed by atoms with Crippen molar-refractivity contribution in [3.63, 3.8) is 0 Å². The molecule has 0 saturated heterocycles. The number of carbonyl (C=O) groups excluding carboxylic acids is 1. The molecule has 0 fully saturated rings. The van der Waals surface area contributed by atoms with E-state index in [1.807, 2.05) is 49.4 Å². The maximum absolute atomic E-state index is 12.6. The van der Waals surface area contributed by atoms with E-state index in [4.69, 9.17) is 23.2 Å². The number of amides is 1. The summed E-state index contributed by atoms with van der Waals surface area (Å²) in [5, 5.41) is 4.54. The zero-order chi connectivity index (χ0) is 19.0. The number of rotatable bonds is 3. The van der Waals surface area contributed by atoms with Gasteiger partial charge < -0.3 is 5.32 Å². The summed E-state index contributed by atoms with van der Waals surface area (Å²) < 4.78 is 1.07. The Morgan fingerprint density at radius 1 is 1.00 bits per heavy atom. The molecule has 134 valence electrons. The van der Waals surface area contributed by atoms with Gasteiger partial charge in [0.15, 0.2) is 0 Å². The third kappa shape index (κ3) is 3.56. The fourth-order valence-corrected chi connectivity index (χ4v) is 4.39. The number of nitrogens with one attached hydrogen (secondary N) is 1. The Hall–Kier alpha value is -2.40. The summed E-state index contributed by atoms with van der Waals surface area (Å²) in [6.07, 6.45) is 0. The molecule has 3 nitrogen and oxygen atoms in total. The van der Waals surface area contributed by atoms with Crippen LogP contribution in [0.15, 0.2) is 60.7 Å². The number of hydrogen-bond donors (Lipinski definition) is 1. The highest BCUT2D eigenvalue weighted by Crippen LogP contribution is 2.39. The number of benzene rings is 3. The molecule has 27 heavy (non-hydrogen) atoms. The van der Waals surface area contributed by atoms with Crippen molar-refractivity contribution in [2.75, 3.05) is 5.32 Å². The molecule has 0 unspecified atom stereocenters. The van der Waals surface area contributed by atoms with Crippen LogP contribution in [0.3, 0.4) is 0 Å². The van der Waals surface area contributed by atoms with Crippen LogP contribution in [0.1, 0.15) is 15.9 Å². The third-order valence-electron chi connectivity index (χ3n) is 4.22. The first-order chi connectivity index (χ1) is 13.0. The zero-order valence-corrected chi connectivity index (χ0v) is 16.6. The fourth-order valence-electron chi connectivity index (χ4n) is 2.81. The number of fused-ring (bicyclic) bond motifs is 1. The van der Waals surface area contributed by atoms with E-state index in [2.05, 4.69) is 10.3 Å². The standard InChI is InChI=1S/C21H14Cl2N2OS/c1-12-6-2-3-7-13(12)20(26)24-18-10-14(15(22)11-16(18)23)21-25-17-8-4-5-9-19(17)27-21/h2-11H,1H3,(H,24,26). The van der Waals surface area contributed by atoms with Gasteiger partial charge >= 0.3 is 0 Å². The number of hydrogen-bond acceptors (Lipinski definition) is 3. The first-order valence-corrected chi connectivity index (χ1v) is 9.82. The lowest BCUT2D eigenvalue weighted by atomic mass is 10.1. The van der Waals surface area contributed by atoms with Gasteiger partial charge in [-0.15, -0.1) is 11.3 Å². The van der Waals surface area contributed by atoms with Crippen molar-refractivity contribution in [2.24, 2.45) is 0 Å². The van der Waals surface area contributed by atoms with Crippen LogP contribution in [0.5, 0.6) is 0 Å². The van der Waals surface area contributed by atoms with Crippen LogP contribution in [0, 0.1) is 6.92 Å². The molecule has 0 saturated carbocycles. The highest BCUT2D eigenvalue weighted by molar-refractivity contribution is 7.21. The summed E-state index contributed by atoms with van der Waals surface area (Å²) in [5.41, 5.74) is 3.65. The Kier molecular flexibility index (Phi) is 4.87. The van der Waals surface area contributed by atoms with Crippen molar-refractivity contribution in [3.05, 3.63) is 81.8 Å². The maximum Gasteiger partial charge on any atom is 0.255 e. The quantitative estimate of drug-likeness (QED) is 0.400. The number of aromatic nitrogens is 1. The van der Waals surface area contributed by atoms with Gasteiger partial charge in [-0.25, -0.2) is 4.98 Å². The molecule has 4 aromatic rings. The molecular formula is C21H14Cl2N2OS. The molecule has 0 spiro atoms. The van der Waals surface area contributed by atoms with Gasteiger partial charge in [-0.3, -0.25) is 4.79 Å². The van der Waals surface area contributed by atoms with Crippen LogP contribution in [-0.4, -0.2) is 10.9 Å². The molecular weight excluding hydrogens is 399 g/mol. The van der Waals surface area contributed by atoms with Crippen LogP contribution in [0.4, 0.5) is 5.69 Å². The molecule has 1 heterocycles. The van der Waals surface area contributed by atoms with E-state index >= 15 is 0 Å². The van der Waals surface area contributed by atoms with Crippen molar-refractivity contribution < 1.29 is 4.79 Å². The Morgan fingerprint density at radius 3 is 2.52 bits per heavy atom. The molecule has 1 N–H and O–H groups in total. The predicted octanol–water partition coefficient (Wildman–Crippen LogP) is 6.83. The lowest BCUT2D eigenvalue weighted by Crippen LogP contribution is -2.13. The summed E-state index contributed by atoms with van der Waals surface area (Å²) in [6.45, 7) is 1.89. The van der Waals surface area contributed by atoms with Crippen molar-refractivity contribution in [1.82, 2.24) is 4.98 Å². The predicted molar refractivity (Wildman–Crippen MR) is 114 cm³/mol. The topological polar surface area (TPSA) is 42.0 Å². The number of aryl methyl sites for hydroxylation is 1. The van der Waals surface area contributed by atoms with E-state index in [1.54, 1.807) is 29.5 Å². The smallest absolute Gasteiger partial charge is 0.255 e. The summed E-state index contributed by atoms with van der Waals surface area (Å²) >= 11 is 14.3.